The van der Waals surface area contributed by atoms with Crippen LogP contribution in [0.1, 0.15) is 0 Å². The summed E-state index contributed by atoms with van der Waals surface area (Å²) in [5.41, 5.74) is 1.59. The van der Waals surface area contributed by atoms with Crippen molar-refractivity contribution >= 4 is 50.5 Å². The minimum Gasteiger partial charge on any atom is -0.454 e. The number of nitrogens with one attached hydrogen (secondary N) is 3. The molecular formula is C18H16ClN5O4S. The van der Waals surface area contributed by atoms with Crippen LogP contribution in [-0.4, -0.2) is 31.4 Å². The van der Waals surface area contributed by atoms with Gasteiger partial charge in [0.15, 0.2) is 11.5 Å². The lowest BCUT2D eigenvalue weighted by Crippen LogP contribution is -2.09. The molecule has 1 aliphatic heterocycles. The lowest BCUT2D eigenvalue weighted by atomic mass is 10.2. The Morgan fingerprint density at radius 3 is 2.72 bits per heavy atom. The SMILES string of the molecule is CS(=O)(=O)Nc1cccc(Nc2nccc(Nc3c(Cl)ccc4c3OCO4)n2)c1. The molecule has 9 nitrogen and oxygen atoms in total. The van der Waals surface area contributed by atoms with Crippen LogP contribution in [0.5, 0.6) is 11.5 Å². The number of anilines is 5. The van der Waals surface area contributed by atoms with Gasteiger partial charge in [-0.3, -0.25) is 4.72 Å². The summed E-state index contributed by atoms with van der Waals surface area (Å²) < 4.78 is 36.1. The predicted octanol–water partition coefficient (Wildman–Crippen LogP) is 3.72. The van der Waals surface area contributed by atoms with Crippen molar-refractivity contribution < 1.29 is 17.9 Å². The Morgan fingerprint density at radius 1 is 1.07 bits per heavy atom. The number of hydrogen-bond donors (Lipinski definition) is 3. The van der Waals surface area contributed by atoms with E-state index in [0.717, 1.165) is 6.26 Å². The number of nitrogens with zero attached hydrogens (tertiary/aromatic N) is 2. The van der Waals surface area contributed by atoms with E-state index in [1.54, 1.807) is 48.7 Å². The van der Waals surface area contributed by atoms with Crippen molar-refractivity contribution in [3.63, 3.8) is 0 Å². The van der Waals surface area contributed by atoms with Crippen LogP contribution in [0.4, 0.5) is 28.8 Å². The number of sulfonamides is 1. The van der Waals surface area contributed by atoms with E-state index in [2.05, 4.69) is 25.3 Å². The van der Waals surface area contributed by atoms with E-state index in [1.807, 2.05) is 0 Å². The van der Waals surface area contributed by atoms with Gasteiger partial charge in [-0.25, -0.2) is 13.4 Å². The lowest BCUT2D eigenvalue weighted by molar-refractivity contribution is 0.174. The Kier molecular flexibility index (Phi) is 5.03. The molecule has 0 spiro atoms. The van der Waals surface area contributed by atoms with E-state index in [0.29, 0.717) is 45.4 Å². The van der Waals surface area contributed by atoms with E-state index in [9.17, 15) is 8.42 Å². The van der Waals surface area contributed by atoms with Crippen LogP contribution in [0, 0.1) is 0 Å². The van der Waals surface area contributed by atoms with Crippen LogP contribution in [-0.2, 0) is 10.0 Å². The summed E-state index contributed by atoms with van der Waals surface area (Å²) in [5, 5.41) is 6.62. The highest BCUT2D eigenvalue weighted by Crippen LogP contribution is 2.44. The van der Waals surface area contributed by atoms with Crippen LogP contribution in [0.2, 0.25) is 5.02 Å². The zero-order valence-electron chi connectivity index (χ0n) is 15.1. The summed E-state index contributed by atoms with van der Waals surface area (Å²) in [7, 11) is -3.37. The summed E-state index contributed by atoms with van der Waals surface area (Å²) in [5.74, 6) is 1.91. The molecule has 1 aromatic heterocycles. The normalized spacial score (nSPS) is 12.5. The molecule has 3 aromatic rings. The van der Waals surface area contributed by atoms with Crippen molar-refractivity contribution in [2.45, 2.75) is 0 Å². The summed E-state index contributed by atoms with van der Waals surface area (Å²) in [6.45, 7) is 0.124. The Balaban J connectivity index is 1.55. The smallest absolute Gasteiger partial charge is 0.231 e. The molecule has 2 heterocycles. The highest BCUT2D eigenvalue weighted by Gasteiger charge is 2.21. The average Bonchev–Trinajstić information content (AvgIpc) is 3.12. The first kappa shape index (κ1) is 19.1. The van der Waals surface area contributed by atoms with Gasteiger partial charge in [0, 0.05) is 11.9 Å². The Hall–Kier alpha value is -3.24. The van der Waals surface area contributed by atoms with E-state index >= 15 is 0 Å². The standard InChI is InChI=1S/C18H16ClN5O4S/c1-29(25,26)24-12-4-2-3-11(9-12)21-18-20-8-7-15(23-18)22-16-13(19)5-6-14-17(16)28-10-27-14/h2-9,24H,10H2,1H3,(H2,20,21,22,23). The molecule has 0 unspecified atom stereocenters. The summed E-state index contributed by atoms with van der Waals surface area (Å²) in [4.78, 5) is 8.59. The summed E-state index contributed by atoms with van der Waals surface area (Å²) in [6.07, 6.45) is 2.66. The van der Waals surface area contributed by atoms with E-state index in [4.69, 9.17) is 21.1 Å². The quantitative estimate of drug-likeness (QED) is 0.539. The van der Waals surface area contributed by atoms with E-state index in [1.165, 1.54) is 0 Å². The molecule has 0 fully saturated rings. The molecule has 0 aliphatic carbocycles. The fourth-order valence-corrected chi connectivity index (χ4v) is 3.44. The van der Waals surface area contributed by atoms with Crippen molar-refractivity contribution in [1.29, 1.82) is 0 Å². The average molecular weight is 434 g/mol. The molecule has 3 N–H and O–H groups in total. The largest absolute Gasteiger partial charge is 0.454 e. The molecule has 29 heavy (non-hydrogen) atoms. The summed E-state index contributed by atoms with van der Waals surface area (Å²) in [6, 6.07) is 11.9. The fraction of sp³-hybridized carbons (Fsp3) is 0.111. The predicted molar refractivity (Wildman–Crippen MR) is 111 cm³/mol. The van der Waals surface area contributed by atoms with E-state index in [-0.39, 0.29) is 6.79 Å². The van der Waals surface area contributed by atoms with Crippen molar-refractivity contribution in [2.75, 3.05) is 28.4 Å². The minimum atomic E-state index is -3.37. The number of hydrogen-bond acceptors (Lipinski definition) is 8. The van der Waals surface area contributed by atoms with Crippen LogP contribution < -0.4 is 24.8 Å². The second kappa shape index (κ2) is 7.64. The van der Waals surface area contributed by atoms with Crippen molar-refractivity contribution in [3.8, 4) is 11.5 Å². The first-order chi connectivity index (χ1) is 13.9. The van der Waals surface area contributed by atoms with Gasteiger partial charge in [0.25, 0.3) is 0 Å². The van der Waals surface area contributed by atoms with E-state index < -0.39 is 10.0 Å². The maximum Gasteiger partial charge on any atom is 0.231 e. The highest BCUT2D eigenvalue weighted by atomic mass is 35.5. The minimum absolute atomic E-state index is 0.124. The van der Waals surface area contributed by atoms with Crippen LogP contribution in [0.25, 0.3) is 0 Å². The third-order valence-electron chi connectivity index (χ3n) is 3.82. The van der Waals surface area contributed by atoms with Gasteiger partial charge in [0.2, 0.25) is 22.8 Å². The lowest BCUT2D eigenvalue weighted by Gasteiger charge is -2.12. The first-order valence-corrected chi connectivity index (χ1v) is 10.7. The molecule has 1 aliphatic rings. The van der Waals surface area contributed by atoms with Crippen LogP contribution in [0.15, 0.2) is 48.7 Å². The van der Waals surface area contributed by atoms with Crippen molar-refractivity contribution in [3.05, 3.63) is 53.7 Å². The molecule has 4 rings (SSSR count). The zero-order chi connectivity index (χ0) is 20.4. The molecule has 0 atom stereocenters. The maximum absolute atomic E-state index is 11.4. The molecule has 0 radical (unpaired) electrons. The number of ether oxygens (including phenoxy) is 2. The van der Waals surface area contributed by atoms with Gasteiger partial charge in [0.1, 0.15) is 11.5 Å². The number of rotatable bonds is 6. The molecule has 0 bridgehead atoms. The fourth-order valence-electron chi connectivity index (χ4n) is 2.69. The molecule has 0 saturated heterocycles. The molecule has 0 saturated carbocycles. The number of fused-ring (bicyclic) bond motifs is 1. The van der Waals surface area contributed by atoms with Crippen LogP contribution >= 0.6 is 11.6 Å². The van der Waals surface area contributed by atoms with Gasteiger partial charge < -0.3 is 20.1 Å². The Morgan fingerprint density at radius 2 is 1.90 bits per heavy atom. The van der Waals surface area contributed by atoms with Crippen molar-refractivity contribution in [1.82, 2.24) is 9.97 Å². The van der Waals surface area contributed by atoms with Gasteiger partial charge in [0.05, 0.1) is 17.0 Å². The third kappa shape index (κ3) is 4.61. The monoisotopic (exact) mass is 433 g/mol. The number of halogens is 1. The second-order valence-electron chi connectivity index (χ2n) is 6.13. The third-order valence-corrected chi connectivity index (χ3v) is 4.74. The second-order valence-corrected chi connectivity index (χ2v) is 8.28. The molecule has 0 amide bonds. The number of aromatic nitrogens is 2. The van der Waals surface area contributed by atoms with Gasteiger partial charge in [-0.2, -0.15) is 4.98 Å². The molecular weight excluding hydrogens is 418 g/mol. The molecule has 11 heteroatoms. The van der Waals surface area contributed by atoms with Gasteiger partial charge in [-0.15, -0.1) is 0 Å². The van der Waals surface area contributed by atoms with Gasteiger partial charge >= 0.3 is 0 Å². The topological polar surface area (TPSA) is 114 Å². The maximum atomic E-state index is 11.4. The van der Waals surface area contributed by atoms with Gasteiger partial charge in [-0.1, -0.05) is 17.7 Å². The highest BCUT2D eigenvalue weighted by molar-refractivity contribution is 7.92. The zero-order valence-corrected chi connectivity index (χ0v) is 16.7. The Bertz CT molecular complexity index is 1170. The summed E-state index contributed by atoms with van der Waals surface area (Å²) >= 11 is 6.28. The number of benzene rings is 2. The van der Waals surface area contributed by atoms with Crippen molar-refractivity contribution in [2.24, 2.45) is 0 Å². The first-order valence-electron chi connectivity index (χ1n) is 8.40. The Labute approximate surface area is 172 Å². The van der Waals surface area contributed by atoms with Gasteiger partial charge in [-0.05, 0) is 36.4 Å². The molecule has 2 aromatic carbocycles. The van der Waals surface area contributed by atoms with Crippen LogP contribution in [0.3, 0.4) is 0 Å². The molecule has 150 valence electrons.